The third kappa shape index (κ3) is 6.99. The number of nitrogens with zero attached hydrogens (tertiary/aromatic N) is 2. The summed E-state index contributed by atoms with van der Waals surface area (Å²) in [5.41, 5.74) is -0.290. The van der Waals surface area contributed by atoms with E-state index >= 15 is 0 Å². The first-order valence-electron chi connectivity index (χ1n) is 9.05. The minimum absolute atomic E-state index is 0.0854. The Labute approximate surface area is 164 Å². The number of halogens is 2. The number of amides is 2. The van der Waals surface area contributed by atoms with Crippen molar-refractivity contribution in [3.63, 3.8) is 0 Å². The van der Waals surface area contributed by atoms with Gasteiger partial charge >= 0.3 is 6.09 Å². The van der Waals surface area contributed by atoms with Crippen LogP contribution in [-0.4, -0.2) is 66.7 Å². The van der Waals surface area contributed by atoms with E-state index in [1.807, 2.05) is 20.8 Å². The molecule has 1 aromatic rings. The zero-order valence-corrected chi connectivity index (χ0v) is 16.8. The number of rotatable bonds is 5. The zero-order chi connectivity index (χ0) is 20.0. The summed E-state index contributed by atoms with van der Waals surface area (Å²) >= 11 is 5.94. The Morgan fingerprint density at radius 1 is 1.22 bits per heavy atom. The smallest absolute Gasteiger partial charge is 0.410 e. The van der Waals surface area contributed by atoms with Gasteiger partial charge in [0.2, 0.25) is 5.91 Å². The third-order valence-electron chi connectivity index (χ3n) is 4.17. The second-order valence-electron chi connectivity index (χ2n) is 7.54. The van der Waals surface area contributed by atoms with Crippen LogP contribution >= 0.6 is 11.6 Å². The number of carbonyl (C=O) groups excluding carboxylic acids is 2. The first-order chi connectivity index (χ1) is 12.7. The van der Waals surface area contributed by atoms with Gasteiger partial charge in [-0.15, -0.1) is 0 Å². The molecule has 0 aromatic heterocycles. The van der Waals surface area contributed by atoms with Gasteiger partial charge in [0.05, 0.1) is 6.42 Å². The number of hydrogen-bond acceptors (Lipinski definition) is 4. The summed E-state index contributed by atoms with van der Waals surface area (Å²) in [7, 11) is 0. The van der Waals surface area contributed by atoms with E-state index in [1.54, 1.807) is 11.0 Å². The van der Waals surface area contributed by atoms with Crippen molar-refractivity contribution in [2.75, 3.05) is 39.3 Å². The second-order valence-corrected chi connectivity index (χ2v) is 7.94. The number of nitrogens with one attached hydrogen (secondary N) is 1. The van der Waals surface area contributed by atoms with Crippen molar-refractivity contribution in [3.05, 3.63) is 34.6 Å². The van der Waals surface area contributed by atoms with Crippen LogP contribution in [0.3, 0.4) is 0 Å². The SMILES string of the molecule is CC(C)(C)OC(=O)N1CCN(CCNC(=O)Cc2c(F)cccc2Cl)CC1. The van der Waals surface area contributed by atoms with Crippen LogP contribution in [0.5, 0.6) is 0 Å². The summed E-state index contributed by atoms with van der Waals surface area (Å²) in [6.45, 7) is 9.27. The third-order valence-corrected chi connectivity index (χ3v) is 4.53. The molecule has 1 aliphatic heterocycles. The topological polar surface area (TPSA) is 61.9 Å². The van der Waals surface area contributed by atoms with Crippen LogP contribution in [0.4, 0.5) is 9.18 Å². The highest BCUT2D eigenvalue weighted by Crippen LogP contribution is 2.19. The molecule has 8 heteroatoms. The second kappa shape index (κ2) is 9.37. The normalized spacial score (nSPS) is 15.5. The van der Waals surface area contributed by atoms with Gasteiger partial charge in [0.15, 0.2) is 0 Å². The molecular formula is C19H27ClFN3O3. The van der Waals surface area contributed by atoms with Gasteiger partial charge in [-0.05, 0) is 32.9 Å². The molecule has 0 radical (unpaired) electrons. The molecule has 0 aliphatic carbocycles. The molecule has 1 heterocycles. The van der Waals surface area contributed by atoms with E-state index in [9.17, 15) is 14.0 Å². The van der Waals surface area contributed by atoms with Crippen molar-refractivity contribution in [1.29, 1.82) is 0 Å². The molecule has 1 aromatic carbocycles. The molecule has 1 saturated heterocycles. The lowest BCUT2D eigenvalue weighted by Crippen LogP contribution is -2.51. The fourth-order valence-electron chi connectivity index (χ4n) is 2.76. The highest BCUT2D eigenvalue weighted by Gasteiger charge is 2.25. The summed E-state index contributed by atoms with van der Waals surface area (Å²) in [5, 5.41) is 3.04. The number of benzene rings is 1. The lowest BCUT2D eigenvalue weighted by atomic mass is 10.1. The Kier molecular flexibility index (Phi) is 7.44. The Bertz CT molecular complexity index is 650. The van der Waals surface area contributed by atoms with Crippen molar-refractivity contribution in [2.24, 2.45) is 0 Å². The van der Waals surface area contributed by atoms with E-state index in [0.29, 0.717) is 39.3 Å². The van der Waals surface area contributed by atoms with Gasteiger partial charge in [0.25, 0.3) is 0 Å². The number of ether oxygens (including phenoxy) is 1. The van der Waals surface area contributed by atoms with Gasteiger partial charge < -0.3 is 15.0 Å². The molecule has 150 valence electrons. The van der Waals surface area contributed by atoms with Crippen molar-refractivity contribution >= 4 is 23.6 Å². The van der Waals surface area contributed by atoms with Crippen LogP contribution < -0.4 is 5.32 Å². The van der Waals surface area contributed by atoms with Crippen LogP contribution in [0.2, 0.25) is 5.02 Å². The fourth-order valence-corrected chi connectivity index (χ4v) is 2.99. The summed E-state index contributed by atoms with van der Waals surface area (Å²) in [4.78, 5) is 27.9. The first-order valence-corrected chi connectivity index (χ1v) is 9.43. The average molecular weight is 400 g/mol. The van der Waals surface area contributed by atoms with Crippen molar-refractivity contribution in [1.82, 2.24) is 15.1 Å². The van der Waals surface area contributed by atoms with Crippen LogP contribution in [-0.2, 0) is 16.0 Å². The Balaban J connectivity index is 1.68. The molecule has 0 bridgehead atoms. The molecule has 6 nitrogen and oxygen atoms in total. The van der Waals surface area contributed by atoms with E-state index in [2.05, 4.69) is 10.2 Å². The molecule has 0 spiro atoms. The van der Waals surface area contributed by atoms with Gasteiger partial charge in [0.1, 0.15) is 11.4 Å². The Morgan fingerprint density at radius 2 is 1.89 bits per heavy atom. The maximum absolute atomic E-state index is 13.7. The standard InChI is InChI=1S/C19H27ClFN3O3/c1-19(2,3)27-18(26)24-11-9-23(10-12-24)8-7-22-17(25)13-14-15(20)5-4-6-16(14)21/h4-6H,7-13H2,1-3H3,(H,22,25). The van der Waals surface area contributed by atoms with Gasteiger partial charge in [-0.2, -0.15) is 0 Å². The van der Waals surface area contributed by atoms with E-state index < -0.39 is 11.4 Å². The number of piperazine rings is 1. The predicted octanol–water partition coefficient (Wildman–Crippen LogP) is 2.69. The lowest BCUT2D eigenvalue weighted by molar-refractivity contribution is -0.120. The molecule has 0 unspecified atom stereocenters. The number of hydrogen-bond donors (Lipinski definition) is 1. The van der Waals surface area contributed by atoms with Crippen molar-refractivity contribution < 1.29 is 18.7 Å². The highest BCUT2D eigenvalue weighted by molar-refractivity contribution is 6.31. The van der Waals surface area contributed by atoms with Crippen molar-refractivity contribution in [2.45, 2.75) is 32.8 Å². The molecule has 1 fully saturated rings. The van der Waals surface area contributed by atoms with Crippen LogP contribution in [0.15, 0.2) is 18.2 Å². The van der Waals surface area contributed by atoms with E-state index in [4.69, 9.17) is 16.3 Å². The highest BCUT2D eigenvalue weighted by atomic mass is 35.5. The minimum atomic E-state index is -0.500. The molecule has 0 atom stereocenters. The summed E-state index contributed by atoms with van der Waals surface area (Å²) < 4.78 is 19.1. The van der Waals surface area contributed by atoms with E-state index in [-0.39, 0.29) is 29.0 Å². The van der Waals surface area contributed by atoms with Gasteiger partial charge in [-0.1, -0.05) is 17.7 Å². The van der Waals surface area contributed by atoms with Crippen LogP contribution in [0.25, 0.3) is 0 Å². The Hall–Kier alpha value is -1.86. The zero-order valence-electron chi connectivity index (χ0n) is 16.1. The molecule has 2 rings (SSSR count). The maximum Gasteiger partial charge on any atom is 0.410 e. The van der Waals surface area contributed by atoms with E-state index in [1.165, 1.54) is 12.1 Å². The lowest BCUT2D eigenvalue weighted by Gasteiger charge is -2.35. The quantitative estimate of drug-likeness (QED) is 0.826. The van der Waals surface area contributed by atoms with Crippen LogP contribution in [0, 0.1) is 5.82 Å². The predicted molar refractivity (Wildman–Crippen MR) is 102 cm³/mol. The Morgan fingerprint density at radius 3 is 2.48 bits per heavy atom. The van der Waals surface area contributed by atoms with Gasteiger partial charge in [-0.3, -0.25) is 9.69 Å². The van der Waals surface area contributed by atoms with E-state index in [0.717, 1.165) is 0 Å². The molecule has 1 N–H and O–H groups in total. The number of carbonyl (C=O) groups is 2. The van der Waals surface area contributed by atoms with Crippen molar-refractivity contribution in [3.8, 4) is 0 Å². The minimum Gasteiger partial charge on any atom is -0.444 e. The molecule has 2 amide bonds. The molecular weight excluding hydrogens is 373 g/mol. The largest absolute Gasteiger partial charge is 0.444 e. The van der Waals surface area contributed by atoms with Crippen LogP contribution in [0.1, 0.15) is 26.3 Å². The average Bonchev–Trinajstić information content (AvgIpc) is 2.57. The molecule has 27 heavy (non-hydrogen) atoms. The fraction of sp³-hybridized carbons (Fsp3) is 0.579. The molecule has 1 aliphatic rings. The summed E-state index contributed by atoms with van der Waals surface area (Å²) in [6.07, 6.45) is -0.380. The monoisotopic (exact) mass is 399 g/mol. The first kappa shape index (κ1) is 21.4. The summed E-state index contributed by atoms with van der Waals surface area (Å²) in [5.74, 6) is -0.745. The van der Waals surface area contributed by atoms with Gasteiger partial charge in [-0.25, -0.2) is 9.18 Å². The van der Waals surface area contributed by atoms with Gasteiger partial charge in [0, 0.05) is 49.9 Å². The molecule has 0 saturated carbocycles. The summed E-state index contributed by atoms with van der Waals surface area (Å²) in [6, 6.07) is 4.37. The maximum atomic E-state index is 13.7.